The van der Waals surface area contributed by atoms with E-state index in [2.05, 4.69) is 10.3 Å². The predicted octanol–water partition coefficient (Wildman–Crippen LogP) is 1.22. The molecule has 102 valence electrons. The average molecular weight is 281 g/mol. The van der Waals surface area contributed by atoms with Gasteiger partial charge in [-0.3, -0.25) is 4.79 Å². The van der Waals surface area contributed by atoms with Crippen molar-refractivity contribution >= 4 is 32.6 Å². The number of anilines is 1. The van der Waals surface area contributed by atoms with Crippen LogP contribution in [0.1, 0.15) is 0 Å². The van der Waals surface area contributed by atoms with E-state index >= 15 is 0 Å². The lowest BCUT2D eigenvalue weighted by molar-refractivity contribution is -0.122. The lowest BCUT2D eigenvalue weighted by atomic mass is 10.3. The van der Waals surface area contributed by atoms with Crippen molar-refractivity contribution in [2.45, 2.75) is 0 Å². The number of hydrogen-bond acceptors (Lipinski definition) is 6. The molecule has 0 aliphatic carbocycles. The third-order valence-corrected chi connectivity index (χ3v) is 3.34. The van der Waals surface area contributed by atoms with Crippen LogP contribution in [0.15, 0.2) is 18.2 Å². The molecule has 0 aliphatic heterocycles. The second-order valence-electron chi connectivity index (χ2n) is 3.80. The lowest BCUT2D eigenvalue weighted by Gasteiger charge is -2.02. The Labute approximate surface area is 114 Å². The van der Waals surface area contributed by atoms with Crippen molar-refractivity contribution in [3.63, 3.8) is 0 Å². The lowest BCUT2D eigenvalue weighted by Crippen LogP contribution is -2.20. The number of nitrogens with two attached hydrogens (primary N) is 1. The number of nitrogens with one attached hydrogen (secondary N) is 1. The molecule has 1 aromatic heterocycles. The Hall–Kier alpha value is -1.86. The second kappa shape index (κ2) is 6.35. The molecule has 0 aliphatic rings. The molecule has 6 nitrogen and oxygen atoms in total. The first-order valence-corrected chi connectivity index (χ1v) is 6.55. The number of benzene rings is 1. The first-order valence-electron chi connectivity index (χ1n) is 5.73. The number of rotatable bonds is 7. The van der Waals surface area contributed by atoms with Gasteiger partial charge in [0.25, 0.3) is 0 Å². The van der Waals surface area contributed by atoms with E-state index in [1.807, 2.05) is 18.2 Å². The van der Waals surface area contributed by atoms with Crippen LogP contribution in [0.3, 0.4) is 0 Å². The van der Waals surface area contributed by atoms with Crippen LogP contribution >= 0.6 is 11.3 Å². The fourth-order valence-electron chi connectivity index (χ4n) is 1.51. The highest BCUT2D eigenvalue weighted by molar-refractivity contribution is 7.22. The molecule has 1 amide bonds. The average Bonchev–Trinajstić information content (AvgIpc) is 2.79. The standard InChI is InChI=1S/C12H15N3O3S/c1-17-8-2-3-9-10(6-8)19-12(15-9)14-4-5-18-7-11(13)16/h2-3,6H,4-5,7H2,1H3,(H2,13,16)(H,14,15). The number of fused-ring (bicyclic) bond motifs is 1. The number of ether oxygens (including phenoxy) is 2. The Morgan fingerprint density at radius 3 is 3.11 bits per heavy atom. The molecule has 2 aromatic rings. The number of carbonyl (C=O) groups excluding carboxylic acids is 1. The molecule has 0 saturated carbocycles. The minimum atomic E-state index is -0.466. The summed E-state index contributed by atoms with van der Waals surface area (Å²) in [7, 11) is 1.64. The summed E-state index contributed by atoms with van der Waals surface area (Å²) in [6, 6.07) is 5.74. The van der Waals surface area contributed by atoms with E-state index < -0.39 is 5.91 Å². The molecule has 0 unspecified atom stereocenters. The topological polar surface area (TPSA) is 86.5 Å². The Bertz CT molecular complexity index is 570. The number of amides is 1. The van der Waals surface area contributed by atoms with Gasteiger partial charge >= 0.3 is 0 Å². The summed E-state index contributed by atoms with van der Waals surface area (Å²) >= 11 is 1.54. The molecule has 2 rings (SSSR count). The molecule has 0 atom stereocenters. The molecule has 19 heavy (non-hydrogen) atoms. The molecule has 1 aromatic carbocycles. The number of primary amides is 1. The Balaban J connectivity index is 1.89. The van der Waals surface area contributed by atoms with Crippen LogP contribution in [0.4, 0.5) is 5.13 Å². The van der Waals surface area contributed by atoms with E-state index in [9.17, 15) is 4.79 Å². The van der Waals surface area contributed by atoms with E-state index in [1.54, 1.807) is 18.4 Å². The van der Waals surface area contributed by atoms with Crippen molar-refractivity contribution < 1.29 is 14.3 Å². The molecular formula is C12H15N3O3S. The highest BCUT2D eigenvalue weighted by Gasteiger charge is 2.04. The maximum Gasteiger partial charge on any atom is 0.243 e. The van der Waals surface area contributed by atoms with Gasteiger partial charge in [0.2, 0.25) is 5.91 Å². The smallest absolute Gasteiger partial charge is 0.243 e. The molecule has 0 bridgehead atoms. The third-order valence-electron chi connectivity index (χ3n) is 2.36. The largest absolute Gasteiger partial charge is 0.497 e. The van der Waals surface area contributed by atoms with Crippen LogP contribution in [0.2, 0.25) is 0 Å². The van der Waals surface area contributed by atoms with Crippen LogP contribution in [0.5, 0.6) is 5.75 Å². The molecule has 0 fully saturated rings. The first-order chi connectivity index (χ1) is 9.19. The fraction of sp³-hybridized carbons (Fsp3) is 0.333. The van der Waals surface area contributed by atoms with Gasteiger partial charge in [-0.1, -0.05) is 11.3 Å². The normalized spacial score (nSPS) is 10.6. The van der Waals surface area contributed by atoms with Crippen LogP contribution in [-0.2, 0) is 9.53 Å². The van der Waals surface area contributed by atoms with Gasteiger partial charge in [-0.15, -0.1) is 0 Å². The van der Waals surface area contributed by atoms with Crippen LogP contribution < -0.4 is 15.8 Å². The van der Waals surface area contributed by atoms with Gasteiger partial charge in [-0.05, 0) is 18.2 Å². The van der Waals surface area contributed by atoms with E-state index in [0.717, 1.165) is 21.1 Å². The summed E-state index contributed by atoms with van der Waals surface area (Å²) in [5, 5.41) is 3.95. The minimum Gasteiger partial charge on any atom is -0.497 e. The van der Waals surface area contributed by atoms with Gasteiger partial charge < -0.3 is 20.5 Å². The number of hydrogen-bond donors (Lipinski definition) is 2. The van der Waals surface area contributed by atoms with Crippen LogP contribution in [0.25, 0.3) is 10.2 Å². The summed E-state index contributed by atoms with van der Waals surface area (Å²) in [5.74, 6) is 0.347. The van der Waals surface area contributed by atoms with Crippen molar-refractivity contribution in [2.75, 3.05) is 32.2 Å². The summed E-state index contributed by atoms with van der Waals surface area (Å²) in [6.45, 7) is 0.922. The van der Waals surface area contributed by atoms with E-state index in [-0.39, 0.29) is 6.61 Å². The van der Waals surface area contributed by atoms with Gasteiger partial charge in [0.05, 0.1) is 23.9 Å². The van der Waals surface area contributed by atoms with Gasteiger partial charge in [-0.25, -0.2) is 4.98 Å². The Morgan fingerprint density at radius 2 is 2.37 bits per heavy atom. The molecule has 0 radical (unpaired) electrons. The van der Waals surface area contributed by atoms with E-state index in [0.29, 0.717) is 13.2 Å². The van der Waals surface area contributed by atoms with Crippen molar-refractivity contribution in [1.29, 1.82) is 0 Å². The SMILES string of the molecule is COc1ccc2nc(NCCOCC(N)=O)sc2c1. The molecule has 7 heteroatoms. The molecular weight excluding hydrogens is 266 g/mol. The quantitative estimate of drug-likeness (QED) is 0.745. The highest BCUT2D eigenvalue weighted by atomic mass is 32.1. The van der Waals surface area contributed by atoms with E-state index in [1.165, 1.54) is 0 Å². The minimum absolute atomic E-state index is 0.0568. The van der Waals surface area contributed by atoms with E-state index in [4.69, 9.17) is 15.2 Å². The van der Waals surface area contributed by atoms with Gasteiger partial charge in [0.1, 0.15) is 12.4 Å². The number of carbonyl (C=O) groups is 1. The molecule has 1 heterocycles. The predicted molar refractivity (Wildman–Crippen MR) is 74.7 cm³/mol. The van der Waals surface area contributed by atoms with Gasteiger partial charge in [0.15, 0.2) is 5.13 Å². The van der Waals surface area contributed by atoms with Crippen molar-refractivity contribution in [2.24, 2.45) is 5.73 Å². The van der Waals surface area contributed by atoms with Crippen molar-refractivity contribution in [1.82, 2.24) is 4.98 Å². The number of nitrogens with zero attached hydrogens (tertiary/aromatic N) is 1. The number of thiazole rings is 1. The van der Waals surface area contributed by atoms with Gasteiger partial charge in [0, 0.05) is 6.54 Å². The summed E-state index contributed by atoms with van der Waals surface area (Å²) in [4.78, 5) is 14.9. The zero-order chi connectivity index (χ0) is 13.7. The Morgan fingerprint density at radius 1 is 1.53 bits per heavy atom. The first kappa shape index (κ1) is 13.6. The Kier molecular flexibility index (Phi) is 4.53. The van der Waals surface area contributed by atoms with Gasteiger partial charge in [-0.2, -0.15) is 0 Å². The monoisotopic (exact) mass is 281 g/mol. The number of aromatic nitrogens is 1. The van der Waals surface area contributed by atoms with Crippen LogP contribution in [0, 0.1) is 0 Å². The molecule has 0 spiro atoms. The number of methoxy groups -OCH3 is 1. The van der Waals surface area contributed by atoms with Crippen LogP contribution in [-0.4, -0.2) is 37.8 Å². The zero-order valence-electron chi connectivity index (χ0n) is 10.5. The zero-order valence-corrected chi connectivity index (χ0v) is 11.3. The summed E-state index contributed by atoms with van der Waals surface area (Å²) in [6.07, 6.45) is 0. The van der Waals surface area contributed by atoms with Crippen molar-refractivity contribution in [3.05, 3.63) is 18.2 Å². The summed E-state index contributed by atoms with van der Waals surface area (Å²) < 4.78 is 11.3. The second-order valence-corrected chi connectivity index (χ2v) is 4.83. The highest BCUT2D eigenvalue weighted by Crippen LogP contribution is 2.28. The molecule has 0 saturated heterocycles. The summed E-state index contributed by atoms with van der Waals surface area (Å²) in [5.41, 5.74) is 5.88. The fourth-order valence-corrected chi connectivity index (χ4v) is 2.43. The maximum absolute atomic E-state index is 10.5. The maximum atomic E-state index is 10.5. The molecule has 3 N–H and O–H groups in total. The third kappa shape index (κ3) is 3.80. The van der Waals surface area contributed by atoms with Crippen molar-refractivity contribution in [3.8, 4) is 5.75 Å².